The van der Waals surface area contributed by atoms with Gasteiger partial charge < -0.3 is 15.3 Å². The minimum Gasteiger partial charge on any atom is -0.378 e. The number of nitrogens with one attached hydrogen (secondary N) is 3. The van der Waals surface area contributed by atoms with Crippen LogP contribution in [0.3, 0.4) is 0 Å². The lowest BCUT2D eigenvalue weighted by molar-refractivity contribution is 0.891. The molecular formula is C14H12ClN3O2S. The van der Waals surface area contributed by atoms with Crippen molar-refractivity contribution in [2.45, 2.75) is 13.0 Å². The molecule has 0 aliphatic heterocycles. The van der Waals surface area contributed by atoms with Gasteiger partial charge in [0.05, 0.1) is 15.4 Å². The maximum Gasteiger partial charge on any atom is 0.314 e. The Balaban J connectivity index is 1.92. The summed E-state index contributed by atoms with van der Waals surface area (Å²) in [6.07, 6.45) is 0. The zero-order valence-electron chi connectivity index (χ0n) is 11.1. The van der Waals surface area contributed by atoms with Crippen LogP contribution in [0.1, 0.15) is 18.5 Å². The molecule has 3 rings (SSSR count). The molecule has 0 radical (unpaired) electrons. The van der Waals surface area contributed by atoms with Crippen LogP contribution in [0.15, 0.2) is 39.2 Å². The molecule has 0 saturated carbocycles. The molecule has 0 spiro atoms. The van der Waals surface area contributed by atoms with Crippen LogP contribution < -0.4 is 16.4 Å². The van der Waals surface area contributed by atoms with Crippen molar-refractivity contribution in [3.8, 4) is 0 Å². The molecule has 2 heterocycles. The molecule has 3 aromatic rings. The second-order valence-corrected chi connectivity index (χ2v) is 6.26. The molecule has 1 unspecified atom stereocenters. The number of fused-ring (bicyclic) bond motifs is 1. The normalized spacial score (nSPS) is 12.5. The standard InChI is InChI=1S/C14H12ClN3O2S/c1-7(8-4-12(15)21-6-8)16-9-2-3-10-11(5-9)18-14(20)13(19)17-10/h2-7,16H,1H3,(H,17,19)(H,18,20). The summed E-state index contributed by atoms with van der Waals surface area (Å²) in [5.74, 6) is 0. The van der Waals surface area contributed by atoms with E-state index in [4.69, 9.17) is 11.6 Å². The molecule has 1 aromatic carbocycles. The first-order valence-corrected chi connectivity index (χ1v) is 7.55. The number of H-pyrrole nitrogens is 2. The van der Waals surface area contributed by atoms with Crippen LogP contribution in [-0.4, -0.2) is 9.97 Å². The minimum atomic E-state index is -0.655. The number of anilines is 1. The predicted molar refractivity (Wildman–Crippen MR) is 86.6 cm³/mol. The Bertz CT molecular complexity index is 912. The maximum absolute atomic E-state index is 11.4. The van der Waals surface area contributed by atoms with E-state index in [1.165, 1.54) is 11.3 Å². The smallest absolute Gasteiger partial charge is 0.314 e. The summed E-state index contributed by atoms with van der Waals surface area (Å²) in [6, 6.07) is 7.39. The Morgan fingerprint density at radius 2 is 1.86 bits per heavy atom. The van der Waals surface area contributed by atoms with Gasteiger partial charge in [0.1, 0.15) is 0 Å². The fourth-order valence-electron chi connectivity index (χ4n) is 2.09. The molecular weight excluding hydrogens is 310 g/mol. The van der Waals surface area contributed by atoms with Crippen molar-refractivity contribution in [1.29, 1.82) is 0 Å². The molecule has 7 heteroatoms. The molecule has 5 nitrogen and oxygen atoms in total. The largest absolute Gasteiger partial charge is 0.378 e. The second-order valence-electron chi connectivity index (χ2n) is 4.72. The summed E-state index contributed by atoms with van der Waals surface area (Å²) >= 11 is 7.42. The molecule has 0 fully saturated rings. The van der Waals surface area contributed by atoms with Crippen LogP contribution in [0.2, 0.25) is 4.34 Å². The van der Waals surface area contributed by atoms with E-state index in [2.05, 4.69) is 15.3 Å². The fourth-order valence-corrected chi connectivity index (χ4v) is 3.07. The lowest BCUT2D eigenvalue weighted by Gasteiger charge is -2.14. The van der Waals surface area contributed by atoms with Crippen molar-refractivity contribution >= 4 is 39.7 Å². The number of benzene rings is 1. The van der Waals surface area contributed by atoms with E-state index in [-0.39, 0.29) is 6.04 Å². The summed E-state index contributed by atoms with van der Waals surface area (Å²) in [7, 11) is 0. The molecule has 0 aliphatic carbocycles. The van der Waals surface area contributed by atoms with Gasteiger partial charge in [-0.1, -0.05) is 11.6 Å². The Labute approximate surface area is 128 Å². The lowest BCUT2D eigenvalue weighted by Crippen LogP contribution is -2.28. The number of hydrogen-bond donors (Lipinski definition) is 3. The van der Waals surface area contributed by atoms with Crippen LogP contribution >= 0.6 is 22.9 Å². The van der Waals surface area contributed by atoms with Gasteiger partial charge in [-0.2, -0.15) is 0 Å². The third-order valence-corrected chi connectivity index (χ3v) is 4.30. The van der Waals surface area contributed by atoms with Crippen LogP contribution in [0.25, 0.3) is 11.0 Å². The second kappa shape index (κ2) is 5.38. The van der Waals surface area contributed by atoms with Crippen molar-refractivity contribution < 1.29 is 0 Å². The molecule has 108 valence electrons. The lowest BCUT2D eigenvalue weighted by atomic mass is 10.1. The van der Waals surface area contributed by atoms with Crippen molar-refractivity contribution in [2.24, 2.45) is 0 Å². The molecule has 21 heavy (non-hydrogen) atoms. The van der Waals surface area contributed by atoms with E-state index < -0.39 is 11.1 Å². The summed E-state index contributed by atoms with van der Waals surface area (Å²) in [5, 5.41) is 5.33. The molecule has 0 amide bonds. The first-order chi connectivity index (χ1) is 10.0. The Morgan fingerprint density at radius 3 is 2.52 bits per heavy atom. The number of halogens is 1. The number of aromatic nitrogens is 2. The van der Waals surface area contributed by atoms with Gasteiger partial charge in [0.2, 0.25) is 0 Å². The summed E-state index contributed by atoms with van der Waals surface area (Å²) in [5.41, 5.74) is 1.82. The molecule has 1 atom stereocenters. The summed E-state index contributed by atoms with van der Waals surface area (Å²) in [4.78, 5) is 27.7. The fraction of sp³-hybridized carbons (Fsp3) is 0.143. The van der Waals surface area contributed by atoms with Gasteiger partial charge in [-0.3, -0.25) is 9.59 Å². The first-order valence-electron chi connectivity index (χ1n) is 6.30. The third-order valence-electron chi connectivity index (χ3n) is 3.19. The van der Waals surface area contributed by atoms with E-state index >= 15 is 0 Å². The molecule has 2 aromatic heterocycles. The summed E-state index contributed by atoms with van der Waals surface area (Å²) in [6.45, 7) is 2.03. The first kappa shape index (κ1) is 13.9. The molecule has 0 bridgehead atoms. The van der Waals surface area contributed by atoms with Crippen LogP contribution in [-0.2, 0) is 0 Å². The third kappa shape index (κ3) is 2.86. The van der Waals surface area contributed by atoms with Crippen molar-refractivity contribution in [1.82, 2.24) is 9.97 Å². The van der Waals surface area contributed by atoms with E-state index in [1.54, 1.807) is 12.1 Å². The quantitative estimate of drug-likeness (QED) is 0.649. The highest BCUT2D eigenvalue weighted by molar-refractivity contribution is 7.14. The SMILES string of the molecule is CC(Nc1ccc2[nH]c(=O)c(=O)[nH]c2c1)c1csc(Cl)c1. The number of hydrogen-bond acceptors (Lipinski definition) is 4. The Kier molecular flexibility index (Phi) is 3.57. The predicted octanol–water partition coefficient (Wildman–Crippen LogP) is 3.10. The Morgan fingerprint density at radius 1 is 1.14 bits per heavy atom. The minimum absolute atomic E-state index is 0.0840. The van der Waals surface area contributed by atoms with Crippen molar-refractivity contribution in [2.75, 3.05) is 5.32 Å². The molecule has 0 saturated heterocycles. The highest BCUT2D eigenvalue weighted by Crippen LogP contribution is 2.27. The number of thiophene rings is 1. The topological polar surface area (TPSA) is 77.8 Å². The summed E-state index contributed by atoms with van der Waals surface area (Å²) < 4.78 is 0.749. The monoisotopic (exact) mass is 321 g/mol. The van der Waals surface area contributed by atoms with Crippen molar-refractivity contribution in [3.05, 3.63) is 60.3 Å². The van der Waals surface area contributed by atoms with Crippen LogP contribution in [0.4, 0.5) is 5.69 Å². The van der Waals surface area contributed by atoms with Gasteiger partial charge in [0, 0.05) is 11.7 Å². The zero-order valence-corrected chi connectivity index (χ0v) is 12.6. The average molecular weight is 322 g/mol. The average Bonchev–Trinajstić information content (AvgIpc) is 2.87. The van der Waals surface area contributed by atoms with Crippen molar-refractivity contribution in [3.63, 3.8) is 0 Å². The van der Waals surface area contributed by atoms with Gasteiger partial charge in [-0.25, -0.2) is 0 Å². The molecule has 0 aliphatic rings. The van der Waals surface area contributed by atoms with Crippen LogP contribution in [0.5, 0.6) is 0 Å². The Hall–Kier alpha value is -2.05. The highest BCUT2D eigenvalue weighted by atomic mass is 35.5. The van der Waals surface area contributed by atoms with Gasteiger partial charge in [0.15, 0.2) is 0 Å². The van der Waals surface area contributed by atoms with Gasteiger partial charge in [0.25, 0.3) is 0 Å². The van der Waals surface area contributed by atoms with Gasteiger partial charge in [-0.15, -0.1) is 11.3 Å². The molecule has 3 N–H and O–H groups in total. The number of aromatic amines is 2. The van der Waals surface area contributed by atoms with E-state index in [0.29, 0.717) is 11.0 Å². The maximum atomic E-state index is 11.4. The van der Waals surface area contributed by atoms with Crippen LogP contribution in [0, 0.1) is 0 Å². The van der Waals surface area contributed by atoms with Gasteiger partial charge in [-0.05, 0) is 42.1 Å². The van der Waals surface area contributed by atoms with E-state index in [0.717, 1.165) is 15.6 Å². The van der Waals surface area contributed by atoms with E-state index in [1.807, 2.05) is 24.4 Å². The highest BCUT2D eigenvalue weighted by Gasteiger charge is 2.08. The zero-order chi connectivity index (χ0) is 15.0. The number of rotatable bonds is 3. The van der Waals surface area contributed by atoms with E-state index in [9.17, 15) is 9.59 Å². The van der Waals surface area contributed by atoms with Gasteiger partial charge >= 0.3 is 11.1 Å².